The standard InChI is InChI=1S/C22H23NO3/c1-14-6-5-7-15(2)20(14)26-17-12-10-16(11-13-17)23-21(24)18-8-3-4-9-19(18)22(23)25/h5-7,10-13,18-19H,3-4,8-9H2,1-2H3/t18-,19-/m1/s1. The molecule has 2 aliphatic rings. The monoisotopic (exact) mass is 349 g/mol. The minimum atomic E-state index is -0.123. The normalized spacial score (nSPS) is 22.5. The van der Waals surface area contributed by atoms with Crippen LogP contribution in [0.4, 0.5) is 5.69 Å². The molecule has 2 aromatic carbocycles. The molecule has 0 unspecified atom stereocenters. The number of aryl methyl sites for hydroxylation is 2. The molecule has 4 rings (SSSR count). The van der Waals surface area contributed by atoms with Crippen LogP contribution in [0.15, 0.2) is 42.5 Å². The quantitative estimate of drug-likeness (QED) is 0.750. The summed E-state index contributed by atoms with van der Waals surface area (Å²) in [5.74, 6) is 1.22. The first-order valence-corrected chi connectivity index (χ1v) is 9.28. The van der Waals surface area contributed by atoms with Gasteiger partial charge in [-0.3, -0.25) is 14.5 Å². The van der Waals surface area contributed by atoms with Crippen LogP contribution in [0.3, 0.4) is 0 Å². The molecule has 0 aromatic heterocycles. The van der Waals surface area contributed by atoms with Crippen LogP contribution in [0.5, 0.6) is 11.5 Å². The average Bonchev–Trinajstić information content (AvgIpc) is 2.90. The number of carbonyl (C=O) groups is 2. The Labute approximate surface area is 153 Å². The van der Waals surface area contributed by atoms with Gasteiger partial charge in [0, 0.05) is 0 Å². The summed E-state index contributed by atoms with van der Waals surface area (Å²) in [4.78, 5) is 26.8. The van der Waals surface area contributed by atoms with Crippen molar-refractivity contribution in [3.8, 4) is 11.5 Å². The largest absolute Gasteiger partial charge is 0.457 e. The van der Waals surface area contributed by atoms with Crippen LogP contribution < -0.4 is 9.64 Å². The highest BCUT2D eigenvalue weighted by atomic mass is 16.5. The molecule has 1 aliphatic heterocycles. The van der Waals surface area contributed by atoms with E-state index >= 15 is 0 Å². The summed E-state index contributed by atoms with van der Waals surface area (Å²) < 4.78 is 6.02. The van der Waals surface area contributed by atoms with Crippen LogP contribution in [0.1, 0.15) is 36.8 Å². The first kappa shape index (κ1) is 16.8. The molecule has 2 aromatic rings. The number of benzene rings is 2. The van der Waals surface area contributed by atoms with Crippen molar-refractivity contribution in [3.63, 3.8) is 0 Å². The number of hydrogen-bond acceptors (Lipinski definition) is 3. The summed E-state index contributed by atoms with van der Waals surface area (Å²) in [6, 6.07) is 13.3. The van der Waals surface area contributed by atoms with Gasteiger partial charge in [0.25, 0.3) is 0 Å². The lowest BCUT2D eigenvalue weighted by atomic mass is 9.81. The van der Waals surface area contributed by atoms with Gasteiger partial charge in [-0.1, -0.05) is 31.0 Å². The lowest BCUT2D eigenvalue weighted by molar-refractivity contribution is -0.122. The first-order valence-electron chi connectivity index (χ1n) is 9.28. The Kier molecular flexibility index (Phi) is 4.27. The molecule has 2 atom stereocenters. The van der Waals surface area contributed by atoms with Gasteiger partial charge in [0.15, 0.2) is 0 Å². The van der Waals surface area contributed by atoms with Gasteiger partial charge in [0.05, 0.1) is 17.5 Å². The number of carbonyl (C=O) groups excluding carboxylic acids is 2. The number of anilines is 1. The number of ether oxygens (including phenoxy) is 1. The molecule has 0 spiro atoms. The van der Waals surface area contributed by atoms with Gasteiger partial charge >= 0.3 is 0 Å². The second-order valence-corrected chi connectivity index (χ2v) is 7.33. The van der Waals surface area contributed by atoms with Crippen LogP contribution in [-0.2, 0) is 9.59 Å². The second-order valence-electron chi connectivity index (χ2n) is 7.33. The third-order valence-electron chi connectivity index (χ3n) is 5.56. The zero-order valence-corrected chi connectivity index (χ0v) is 15.2. The van der Waals surface area contributed by atoms with Crippen molar-refractivity contribution >= 4 is 17.5 Å². The molecule has 2 amide bonds. The zero-order valence-electron chi connectivity index (χ0n) is 15.2. The molecule has 26 heavy (non-hydrogen) atoms. The van der Waals surface area contributed by atoms with Gasteiger partial charge in [-0.15, -0.1) is 0 Å². The van der Waals surface area contributed by atoms with Crippen LogP contribution in [-0.4, -0.2) is 11.8 Å². The molecule has 1 saturated heterocycles. The Hall–Kier alpha value is -2.62. The van der Waals surface area contributed by atoms with E-state index in [1.165, 1.54) is 4.90 Å². The van der Waals surface area contributed by atoms with E-state index in [-0.39, 0.29) is 23.7 Å². The van der Waals surface area contributed by atoms with Crippen LogP contribution in [0, 0.1) is 25.7 Å². The number of hydrogen-bond donors (Lipinski definition) is 0. The summed E-state index contributed by atoms with van der Waals surface area (Å²) in [5, 5.41) is 0. The summed E-state index contributed by atoms with van der Waals surface area (Å²) in [6.07, 6.45) is 3.74. The molecule has 1 heterocycles. The summed E-state index contributed by atoms with van der Waals surface area (Å²) in [6.45, 7) is 4.03. The number of fused-ring (bicyclic) bond motifs is 1. The Bertz CT molecular complexity index is 812. The fourth-order valence-electron chi connectivity index (χ4n) is 4.16. The SMILES string of the molecule is Cc1cccc(C)c1Oc1ccc(N2C(=O)[C@@H]3CCCC[C@H]3C2=O)cc1. The van der Waals surface area contributed by atoms with Gasteiger partial charge in [-0.2, -0.15) is 0 Å². The Balaban J connectivity index is 1.56. The van der Waals surface area contributed by atoms with Gasteiger partial charge in [-0.05, 0) is 62.1 Å². The van der Waals surface area contributed by atoms with Crippen LogP contribution >= 0.6 is 0 Å². The predicted molar refractivity (Wildman–Crippen MR) is 100 cm³/mol. The minimum Gasteiger partial charge on any atom is -0.457 e. The fraction of sp³-hybridized carbons (Fsp3) is 0.364. The smallest absolute Gasteiger partial charge is 0.237 e. The number of amides is 2. The van der Waals surface area contributed by atoms with E-state index in [2.05, 4.69) is 0 Å². The lowest BCUT2D eigenvalue weighted by Gasteiger charge is -2.19. The fourth-order valence-corrected chi connectivity index (χ4v) is 4.16. The summed E-state index contributed by atoms with van der Waals surface area (Å²) >= 11 is 0. The van der Waals surface area contributed by atoms with E-state index in [0.717, 1.165) is 42.6 Å². The highest BCUT2D eigenvalue weighted by Gasteiger charge is 2.48. The minimum absolute atomic E-state index is 0.0388. The van der Waals surface area contributed by atoms with E-state index in [9.17, 15) is 9.59 Å². The second kappa shape index (κ2) is 6.60. The van der Waals surface area contributed by atoms with Crippen molar-refractivity contribution in [3.05, 3.63) is 53.6 Å². The number of nitrogens with zero attached hydrogens (tertiary/aromatic N) is 1. The van der Waals surface area contributed by atoms with E-state index < -0.39 is 0 Å². The van der Waals surface area contributed by atoms with Crippen LogP contribution in [0.2, 0.25) is 0 Å². The van der Waals surface area contributed by atoms with E-state index in [1.54, 1.807) is 12.1 Å². The Morgan fingerprint density at radius 2 is 1.38 bits per heavy atom. The Morgan fingerprint density at radius 1 is 0.846 bits per heavy atom. The molecule has 0 N–H and O–H groups in total. The highest BCUT2D eigenvalue weighted by Crippen LogP contribution is 2.40. The van der Waals surface area contributed by atoms with Crippen molar-refractivity contribution in [1.29, 1.82) is 0 Å². The van der Waals surface area contributed by atoms with Gasteiger partial charge < -0.3 is 4.74 Å². The van der Waals surface area contributed by atoms with E-state index in [0.29, 0.717) is 11.4 Å². The molecule has 134 valence electrons. The molecule has 0 bridgehead atoms. The maximum absolute atomic E-state index is 12.7. The molecule has 4 nitrogen and oxygen atoms in total. The van der Waals surface area contributed by atoms with Gasteiger partial charge in [0.2, 0.25) is 11.8 Å². The van der Waals surface area contributed by atoms with E-state index in [4.69, 9.17) is 4.74 Å². The molecule has 2 fully saturated rings. The topological polar surface area (TPSA) is 46.6 Å². The number of imide groups is 1. The van der Waals surface area contributed by atoms with Crippen LogP contribution in [0.25, 0.3) is 0 Å². The summed E-state index contributed by atoms with van der Waals surface area (Å²) in [7, 11) is 0. The molecular weight excluding hydrogens is 326 g/mol. The molecule has 1 aliphatic carbocycles. The molecule has 1 saturated carbocycles. The highest BCUT2D eigenvalue weighted by molar-refractivity contribution is 6.22. The average molecular weight is 349 g/mol. The number of rotatable bonds is 3. The number of para-hydroxylation sites is 1. The maximum atomic E-state index is 12.7. The Morgan fingerprint density at radius 3 is 1.92 bits per heavy atom. The van der Waals surface area contributed by atoms with Crippen molar-refractivity contribution in [2.75, 3.05) is 4.90 Å². The molecular formula is C22H23NO3. The maximum Gasteiger partial charge on any atom is 0.237 e. The predicted octanol–water partition coefficient (Wildman–Crippen LogP) is 4.78. The van der Waals surface area contributed by atoms with Gasteiger partial charge in [0.1, 0.15) is 11.5 Å². The third kappa shape index (κ3) is 2.79. The lowest BCUT2D eigenvalue weighted by Crippen LogP contribution is -2.30. The van der Waals surface area contributed by atoms with Gasteiger partial charge in [-0.25, -0.2) is 0 Å². The first-order chi connectivity index (χ1) is 12.6. The molecule has 4 heteroatoms. The third-order valence-corrected chi connectivity index (χ3v) is 5.56. The zero-order chi connectivity index (χ0) is 18.3. The van der Waals surface area contributed by atoms with Crippen molar-refractivity contribution in [2.45, 2.75) is 39.5 Å². The molecule has 0 radical (unpaired) electrons. The van der Waals surface area contributed by atoms with E-state index in [1.807, 2.05) is 44.2 Å². The summed E-state index contributed by atoms with van der Waals surface area (Å²) in [5.41, 5.74) is 2.79. The van der Waals surface area contributed by atoms with Crippen molar-refractivity contribution in [2.24, 2.45) is 11.8 Å². The van der Waals surface area contributed by atoms with Crippen molar-refractivity contribution < 1.29 is 14.3 Å². The van der Waals surface area contributed by atoms with Crippen molar-refractivity contribution in [1.82, 2.24) is 0 Å².